The number of para-hydroxylation sites is 1. The van der Waals surface area contributed by atoms with E-state index >= 15 is 0 Å². The lowest BCUT2D eigenvalue weighted by Gasteiger charge is -2.12. The summed E-state index contributed by atoms with van der Waals surface area (Å²) in [4.78, 5) is 24.3. The summed E-state index contributed by atoms with van der Waals surface area (Å²) in [6.07, 6.45) is 0.397. The fourth-order valence-corrected chi connectivity index (χ4v) is 2.89. The average molecular weight is 406 g/mol. The first-order valence-electron chi connectivity index (χ1n) is 9.66. The van der Waals surface area contributed by atoms with Crippen molar-refractivity contribution in [2.45, 2.75) is 19.8 Å². The summed E-state index contributed by atoms with van der Waals surface area (Å²) in [7, 11) is 0. The van der Waals surface area contributed by atoms with Gasteiger partial charge in [0.25, 0.3) is 0 Å². The first-order chi connectivity index (χ1) is 14.5. The Morgan fingerprint density at radius 1 is 0.767 bits per heavy atom. The number of ether oxygens (including phenoxy) is 1. The van der Waals surface area contributed by atoms with Crippen molar-refractivity contribution in [3.63, 3.8) is 0 Å². The minimum absolute atomic E-state index is 0.147. The maximum absolute atomic E-state index is 12.9. The van der Waals surface area contributed by atoms with Crippen molar-refractivity contribution in [2.75, 3.05) is 10.6 Å². The van der Waals surface area contributed by atoms with Crippen molar-refractivity contribution in [1.82, 2.24) is 0 Å². The molecule has 0 radical (unpaired) electrons. The van der Waals surface area contributed by atoms with Gasteiger partial charge in [-0.25, -0.2) is 4.39 Å². The van der Waals surface area contributed by atoms with E-state index in [1.54, 1.807) is 24.3 Å². The van der Waals surface area contributed by atoms with Crippen molar-refractivity contribution in [1.29, 1.82) is 0 Å². The van der Waals surface area contributed by atoms with Gasteiger partial charge in [0.15, 0.2) is 0 Å². The third kappa shape index (κ3) is 6.74. The zero-order valence-electron chi connectivity index (χ0n) is 16.6. The zero-order chi connectivity index (χ0) is 21.3. The van der Waals surface area contributed by atoms with Crippen LogP contribution in [0.3, 0.4) is 0 Å². The number of benzene rings is 3. The van der Waals surface area contributed by atoms with Gasteiger partial charge in [0.1, 0.15) is 17.3 Å². The van der Waals surface area contributed by atoms with Crippen LogP contribution >= 0.6 is 0 Å². The maximum atomic E-state index is 12.9. The van der Waals surface area contributed by atoms with E-state index in [1.807, 2.05) is 37.3 Å². The van der Waals surface area contributed by atoms with E-state index in [1.165, 1.54) is 24.3 Å². The number of hydrogen-bond acceptors (Lipinski definition) is 3. The molecule has 0 aliphatic rings. The second kappa shape index (κ2) is 10.2. The van der Waals surface area contributed by atoms with Crippen molar-refractivity contribution in [3.05, 3.63) is 84.7 Å². The van der Waals surface area contributed by atoms with E-state index in [0.717, 1.165) is 5.75 Å². The van der Waals surface area contributed by atoms with Crippen molar-refractivity contribution < 1.29 is 18.7 Å². The van der Waals surface area contributed by atoms with Gasteiger partial charge in [-0.2, -0.15) is 0 Å². The second-order valence-corrected chi connectivity index (χ2v) is 7.06. The van der Waals surface area contributed by atoms with Crippen LogP contribution < -0.4 is 15.4 Å². The van der Waals surface area contributed by atoms with E-state index in [-0.39, 0.29) is 36.4 Å². The molecule has 2 N–H and O–H groups in total. The Kier molecular flexibility index (Phi) is 7.16. The minimum Gasteiger partial charge on any atom is -0.457 e. The van der Waals surface area contributed by atoms with Gasteiger partial charge in [-0.15, -0.1) is 0 Å². The van der Waals surface area contributed by atoms with Gasteiger partial charge < -0.3 is 15.4 Å². The molecule has 1 atom stereocenters. The van der Waals surface area contributed by atoms with E-state index in [2.05, 4.69) is 10.6 Å². The third-order valence-electron chi connectivity index (χ3n) is 4.31. The van der Waals surface area contributed by atoms with E-state index in [9.17, 15) is 14.0 Å². The van der Waals surface area contributed by atoms with E-state index < -0.39 is 0 Å². The molecule has 5 nitrogen and oxygen atoms in total. The van der Waals surface area contributed by atoms with Crippen LogP contribution in [0.5, 0.6) is 11.5 Å². The molecule has 2 amide bonds. The Morgan fingerprint density at radius 3 is 1.77 bits per heavy atom. The largest absolute Gasteiger partial charge is 0.457 e. The Bertz CT molecular complexity index is 974. The highest BCUT2D eigenvalue weighted by atomic mass is 19.1. The van der Waals surface area contributed by atoms with E-state index in [0.29, 0.717) is 17.1 Å². The Hall–Kier alpha value is -3.67. The summed E-state index contributed by atoms with van der Waals surface area (Å²) in [5, 5.41) is 5.52. The highest BCUT2D eigenvalue weighted by Gasteiger charge is 2.14. The molecule has 0 unspecified atom stereocenters. The van der Waals surface area contributed by atoms with Gasteiger partial charge in [0.05, 0.1) is 0 Å². The van der Waals surface area contributed by atoms with Crippen LogP contribution in [-0.4, -0.2) is 11.8 Å². The van der Waals surface area contributed by atoms with E-state index in [4.69, 9.17) is 4.74 Å². The number of carbonyl (C=O) groups is 2. The lowest BCUT2D eigenvalue weighted by atomic mass is 10.0. The van der Waals surface area contributed by atoms with Crippen LogP contribution in [-0.2, 0) is 9.59 Å². The molecule has 0 aliphatic carbocycles. The van der Waals surface area contributed by atoms with Crippen LogP contribution in [0, 0.1) is 11.7 Å². The van der Waals surface area contributed by atoms with Gasteiger partial charge in [-0.1, -0.05) is 25.1 Å². The molecule has 0 saturated carbocycles. The lowest BCUT2D eigenvalue weighted by molar-refractivity contribution is -0.118. The minimum atomic E-state index is -0.363. The summed E-state index contributed by atoms with van der Waals surface area (Å²) >= 11 is 0. The quantitative estimate of drug-likeness (QED) is 0.511. The van der Waals surface area contributed by atoms with Crippen molar-refractivity contribution >= 4 is 23.2 Å². The standard InChI is InChI=1S/C24H23FN2O3/c1-17(15-23(28)26-19-9-7-18(25)8-10-19)16-24(29)27-20-11-13-22(14-12-20)30-21-5-3-2-4-6-21/h2-14,17H,15-16H2,1H3,(H,26,28)(H,27,29)/t17-/m1/s1. The van der Waals surface area contributed by atoms with Crippen LogP contribution in [0.4, 0.5) is 15.8 Å². The Morgan fingerprint density at radius 2 is 1.23 bits per heavy atom. The summed E-state index contributed by atoms with van der Waals surface area (Å²) in [5.74, 6) is 0.508. The first kappa shape index (κ1) is 21.0. The monoisotopic (exact) mass is 406 g/mol. The van der Waals surface area contributed by atoms with Gasteiger partial charge in [-0.3, -0.25) is 9.59 Å². The number of carbonyl (C=O) groups excluding carboxylic acids is 2. The fourth-order valence-electron chi connectivity index (χ4n) is 2.89. The van der Waals surface area contributed by atoms with Gasteiger partial charge in [0.2, 0.25) is 11.8 Å². The molecule has 0 saturated heterocycles. The molecule has 3 aromatic carbocycles. The summed E-state index contributed by atoms with van der Waals surface area (Å²) in [6, 6.07) is 22.1. The van der Waals surface area contributed by atoms with Gasteiger partial charge in [0, 0.05) is 24.2 Å². The number of hydrogen-bond donors (Lipinski definition) is 2. The second-order valence-electron chi connectivity index (χ2n) is 7.06. The summed E-state index contributed by atoms with van der Waals surface area (Å²) in [5.41, 5.74) is 1.18. The normalized spacial score (nSPS) is 11.4. The van der Waals surface area contributed by atoms with Crippen LogP contribution in [0.15, 0.2) is 78.9 Å². The van der Waals surface area contributed by atoms with Gasteiger partial charge in [-0.05, 0) is 66.6 Å². The molecule has 0 fully saturated rings. The molecular formula is C24H23FN2O3. The Balaban J connectivity index is 1.44. The molecule has 3 rings (SSSR count). The predicted octanol–water partition coefficient (Wildman–Crippen LogP) is 5.61. The molecule has 0 aliphatic heterocycles. The number of nitrogens with one attached hydrogen (secondary N) is 2. The molecule has 0 heterocycles. The highest BCUT2D eigenvalue weighted by Crippen LogP contribution is 2.23. The lowest BCUT2D eigenvalue weighted by Crippen LogP contribution is -2.20. The number of rotatable bonds is 8. The molecule has 154 valence electrons. The third-order valence-corrected chi connectivity index (χ3v) is 4.31. The number of anilines is 2. The number of amides is 2. The first-order valence-corrected chi connectivity index (χ1v) is 9.66. The predicted molar refractivity (Wildman–Crippen MR) is 115 cm³/mol. The molecule has 0 aromatic heterocycles. The van der Waals surface area contributed by atoms with Crippen molar-refractivity contribution in [3.8, 4) is 11.5 Å². The zero-order valence-corrected chi connectivity index (χ0v) is 16.6. The molecule has 30 heavy (non-hydrogen) atoms. The maximum Gasteiger partial charge on any atom is 0.224 e. The summed E-state index contributed by atoms with van der Waals surface area (Å²) in [6.45, 7) is 1.83. The molecule has 3 aromatic rings. The van der Waals surface area contributed by atoms with Crippen molar-refractivity contribution in [2.24, 2.45) is 5.92 Å². The molecule has 0 spiro atoms. The van der Waals surface area contributed by atoms with Crippen LogP contribution in [0.1, 0.15) is 19.8 Å². The molecular weight excluding hydrogens is 383 g/mol. The fraction of sp³-hybridized carbons (Fsp3) is 0.167. The molecule has 6 heteroatoms. The number of halogens is 1. The SMILES string of the molecule is C[C@H](CC(=O)Nc1ccc(F)cc1)CC(=O)Nc1ccc(Oc2ccccc2)cc1. The summed E-state index contributed by atoms with van der Waals surface area (Å²) < 4.78 is 18.6. The van der Waals surface area contributed by atoms with Gasteiger partial charge >= 0.3 is 0 Å². The smallest absolute Gasteiger partial charge is 0.224 e. The van der Waals surface area contributed by atoms with Crippen LogP contribution in [0.25, 0.3) is 0 Å². The highest BCUT2D eigenvalue weighted by molar-refractivity contribution is 5.93. The molecule has 0 bridgehead atoms. The Labute approximate surface area is 174 Å². The van der Waals surface area contributed by atoms with Crippen LogP contribution in [0.2, 0.25) is 0 Å². The topological polar surface area (TPSA) is 67.4 Å². The average Bonchev–Trinajstić information content (AvgIpc) is 2.71.